The van der Waals surface area contributed by atoms with Gasteiger partial charge < -0.3 is 10.2 Å². The van der Waals surface area contributed by atoms with E-state index in [1.165, 1.54) is 51.6 Å². The molecule has 1 saturated carbocycles. The van der Waals surface area contributed by atoms with Gasteiger partial charge in [0.1, 0.15) is 0 Å². The molecule has 0 spiro atoms. The zero-order valence-electron chi connectivity index (χ0n) is 10.3. The average Bonchev–Trinajstić information content (AvgIpc) is 2.71. The molecule has 2 fully saturated rings. The average molecular weight is 210 g/mol. The van der Waals surface area contributed by atoms with Crippen LogP contribution in [-0.4, -0.2) is 37.1 Å². The van der Waals surface area contributed by atoms with Crippen LogP contribution in [0.5, 0.6) is 0 Å². The van der Waals surface area contributed by atoms with Crippen LogP contribution in [0.25, 0.3) is 0 Å². The van der Waals surface area contributed by atoms with Gasteiger partial charge in [0.25, 0.3) is 0 Å². The molecule has 1 aliphatic carbocycles. The predicted molar refractivity (Wildman–Crippen MR) is 65.1 cm³/mol. The maximum Gasteiger partial charge on any atom is 0.0195 e. The van der Waals surface area contributed by atoms with Crippen LogP contribution in [0.4, 0.5) is 0 Å². The van der Waals surface area contributed by atoms with Gasteiger partial charge in [-0.15, -0.1) is 0 Å². The first-order valence-corrected chi connectivity index (χ1v) is 6.69. The molecule has 0 amide bonds. The van der Waals surface area contributed by atoms with Crippen LogP contribution >= 0.6 is 0 Å². The summed E-state index contributed by atoms with van der Waals surface area (Å²) in [5, 5.41) is 3.59. The molecule has 2 nitrogen and oxygen atoms in total. The quantitative estimate of drug-likeness (QED) is 0.768. The van der Waals surface area contributed by atoms with E-state index in [0.717, 1.165) is 18.0 Å². The Bertz CT molecular complexity index is 179. The third-order valence-corrected chi connectivity index (χ3v) is 4.28. The highest BCUT2D eigenvalue weighted by Gasteiger charge is 2.24. The van der Waals surface area contributed by atoms with Crippen LogP contribution in [-0.2, 0) is 0 Å². The van der Waals surface area contributed by atoms with Crippen molar-refractivity contribution in [2.75, 3.05) is 20.1 Å². The molecule has 0 radical (unpaired) electrons. The normalized spacial score (nSPS) is 37.4. The standard InChI is InChI=1S/C13H26N2/c1-11-5-7-13(8-6-11)15(2)10-12-4-3-9-14-12/h11-14H,3-10H2,1-2H3/t11?,12-,13?/m0/s1. The molecule has 0 bridgehead atoms. The molecule has 1 heterocycles. The predicted octanol–water partition coefficient (Wildman–Crippen LogP) is 2.25. The van der Waals surface area contributed by atoms with Crippen molar-refractivity contribution in [2.24, 2.45) is 5.92 Å². The van der Waals surface area contributed by atoms with Crippen LogP contribution in [0.1, 0.15) is 45.4 Å². The zero-order chi connectivity index (χ0) is 10.7. The van der Waals surface area contributed by atoms with Crippen molar-refractivity contribution >= 4 is 0 Å². The monoisotopic (exact) mass is 210 g/mol. The number of nitrogens with zero attached hydrogens (tertiary/aromatic N) is 1. The maximum absolute atomic E-state index is 3.59. The number of nitrogens with one attached hydrogen (secondary N) is 1. The summed E-state index contributed by atoms with van der Waals surface area (Å²) in [7, 11) is 2.32. The van der Waals surface area contributed by atoms with E-state index >= 15 is 0 Å². The molecule has 0 aromatic heterocycles. The minimum atomic E-state index is 0.773. The van der Waals surface area contributed by atoms with Crippen molar-refractivity contribution in [1.29, 1.82) is 0 Å². The van der Waals surface area contributed by atoms with E-state index in [9.17, 15) is 0 Å². The van der Waals surface area contributed by atoms with Gasteiger partial charge in [-0.3, -0.25) is 0 Å². The van der Waals surface area contributed by atoms with Crippen molar-refractivity contribution in [2.45, 2.75) is 57.5 Å². The summed E-state index contributed by atoms with van der Waals surface area (Å²) in [5.74, 6) is 0.972. The second-order valence-electron chi connectivity index (χ2n) is 5.65. The molecule has 88 valence electrons. The first-order valence-electron chi connectivity index (χ1n) is 6.69. The second-order valence-corrected chi connectivity index (χ2v) is 5.65. The fourth-order valence-corrected chi connectivity index (χ4v) is 3.09. The molecule has 15 heavy (non-hydrogen) atoms. The third kappa shape index (κ3) is 3.18. The van der Waals surface area contributed by atoms with Gasteiger partial charge in [0.2, 0.25) is 0 Å². The summed E-state index contributed by atoms with van der Waals surface area (Å²) in [5.41, 5.74) is 0. The Morgan fingerprint density at radius 2 is 1.87 bits per heavy atom. The number of hydrogen-bond acceptors (Lipinski definition) is 2. The molecule has 1 atom stereocenters. The van der Waals surface area contributed by atoms with Gasteiger partial charge in [-0.2, -0.15) is 0 Å². The lowest BCUT2D eigenvalue weighted by molar-refractivity contribution is 0.159. The van der Waals surface area contributed by atoms with E-state index < -0.39 is 0 Å². The molecule has 2 rings (SSSR count). The number of likely N-dealkylation sites (N-methyl/N-ethyl adjacent to an activating group) is 1. The molecule has 0 aromatic rings. The highest BCUT2D eigenvalue weighted by atomic mass is 15.2. The summed E-state index contributed by atoms with van der Waals surface area (Å²) >= 11 is 0. The van der Waals surface area contributed by atoms with Crippen molar-refractivity contribution in [1.82, 2.24) is 10.2 Å². The van der Waals surface area contributed by atoms with Crippen LogP contribution in [0.15, 0.2) is 0 Å². The fraction of sp³-hybridized carbons (Fsp3) is 1.00. The molecular weight excluding hydrogens is 184 g/mol. The van der Waals surface area contributed by atoms with Crippen LogP contribution < -0.4 is 5.32 Å². The van der Waals surface area contributed by atoms with Crippen molar-refractivity contribution in [3.8, 4) is 0 Å². The minimum Gasteiger partial charge on any atom is -0.313 e. The molecule has 0 unspecified atom stereocenters. The van der Waals surface area contributed by atoms with Gasteiger partial charge >= 0.3 is 0 Å². The van der Waals surface area contributed by atoms with Gasteiger partial charge in [0.15, 0.2) is 0 Å². The highest BCUT2D eigenvalue weighted by molar-refractivity contribution is 4.82. The van der Waals surface area contributed by atoms with Gasteiger partial charge in [-0.25, -0.2) is 0 Å². The van der Waals surface area contributed by atoms with E-state index in [4.69, 9.17) is 0 Å². The molecule has 2 heteroatoms. The Morgan fingerprint density at radius 1 is 1.13 bits per heavy atom. The lowest BCUT2D eigenvalue weighted by Gasteiger charge is -2.35. The summed E-state index contributed by atoms with van der Waals surface area (Å²) in [6.07, 6.45) is 8.47. The smallest absolute Gasteiger partial charge is 0.0195 e. The first-order chi connectivity index (χ1) is 7.25. The largest absolute Gasteiger partial charge is 0.313 e. The van der Waals surface area contributed by atoms with Crippen molar-refractivity contribution < 1.29 is 0 Å². The summed E-state index contributed by atoms with van der Waals surface area (Å²) in [6, 6.07) is 1.64. The van der Waals surface area contributed by atoms with Crippen molar-refractivity contribution in [3.63, 3.8) is 0 Å². The van der Waals surface area contributed by atoms with Crippen LogP contribution in [0.3, 0.4) is 0 Å². The SMILES string of the molecule is CC1CCC(N(C)C[C@@H]2CCCN2)CC1. The Labute approximate surface area is 94.4 Å². The molecular formula is C13H26N2. The van der Waals surface area contributed by atoms with E-state index in [1.54, 1.807) is 0 Å². The Kier molecular flexibility index (Phi) is 4.04. The maximum atomic E-state index is 3.59. The van der Waals surface area contributed by atoms with E-state index in [2.05, 4.69) is 24.2 Å². The lowest BCUT2D eigenvalue weighted by atomic mass is 9.86. The van der Waals surface area contributed by atoms with Crippen LogP contribution in [0, 0.1) is 5.92 Å². The summed E-state index contributed by atoms with van der Waals surface area (Å²) in [6.45, 7) is 4.90. The van der Waals surface area contributed by atoms with E-state index in [-0.39, 0.29) is 0 Å². The van der Waals surface area contributed by atoms with Gasteiger partial charge in [0, 0.05) is 18.6 Å². The number of hydrogen-bond donors (Lipinski definition) is 1. The lowest BCUT2D eigenvalue weighted by Crippen LogP contribution is -2.42. The van der Waals surface area contributed by atoms with Gasteiger partial charge in [0.05, 0.1) is 0 Å². The summed E-state index contributed by atoms with van der Waals surface area (Å²) < 4.78 is 0. The van der Waals surface area contributed by atoms with E-state index in [0.29, 0.717) is 0 Å². The fourth-order valence-electron chi connectivity index (χ4n) is 3.09. The van der Waals surface area contributed by atoms with Gasteiger partial charge in [-0.05, 0) is 58.0 Å². The minimum absolute atomic E-state index is 0.773. The van der Waals surface area contributed by atoms with E-state index in [1.807, 2.05) is 0 Å². The third-order valence-electron chi connectivity index (χ3n) is 4.28. The Balaban J connectivity index is 1.72. The summed E-state index contributed by atoms with van der Waals surface area (Å²) in [4.78, 5) is 2.61. The molecule has 0 aromatic carbocycles. The highest BCUT2D eigenvalue weighted by Crippen LogP contribution is 2.26. The molecule has 2 aliphatic rings. The first kappa shape index (κ1) is 11.4. The second kappa shape index (κ2) is 5.31. The molecule has 1 saturated heterocycles. The molecule has 1 N–H and O–H groups in total. The van der Waals surface area contributed by atoms with Crippen molar-refractivity contribution in [3.05, 3.63) is 0 Å². The molecule has 1 aliphatic heterocycles. The van der Waals surface area contributed by atoms with Gasteiger partial charge in [-0.1, -0.05) is 6.92 Å². The van der Waals surface area contributed by atoms with Crippen LogP contribution in [0.2, 0.25) is 0 Å². The number of rotatable bonds is 3. The topological polar surface area (TPSA) is 15.3 Å². The Hall–Kier alpha value is -0.0800. The Morgan fingerprint density at radius 3 is 2.47 bits per heavy atom. The zero-order valence-corrected chi connectivity index (χ0v) is 10.3.